The highest BCUT2D eigenvalue weighted by atomic mass is 16.5. The normalized spacial score (nSPS) is 12.9. The second-order valence-corrected chi connectivity index (χ2v) is 7.89. The maximum absolute atomic E-state index is 12.9. The van der Waals surface area contributed by atoms with Crippen LogP contribution in [0.2, 0.25) is 0 Å². The van der Waals surface area contributed by atoms with Crippen molar-refractivity contribution in [1.82, 2.24) is 15.5 Å². The molecular weight excluding hydrogens is 394 g/mol. The number of hydrogen-bond acceptors (Lipinski definition) is 5. The SMILES string of the molecule is COc1cccc(C(CNC(=O)C(NC(=O)COc2ccccc2)C(C)C)N(C)C)c1. The molecule has 0 bridgehead atoms. The molecule has 0 fully saturated rings. The molecule has 0 aliphatic rings. The van der Waals surface area contributed by atoms with Crippen LogP contribution in [0.5, 0.6) is 11.5 Å². The van der Waals surface area contributed by atoms with Gasteiger partial charge in [-0.2, -0.15) is 0 Å². The summed E-state index contributed by atoms with van der Waals surface area (Å²) in [4.78, 5) is 27.2. The molecule has 0 saturated heterocycles. The van der Waals surface area contributed by atoms with Gasteiger partial charge in [0.25, 0.3) is 5.91 Å². The first-order chi connectivity index (χ1) is 14.8. The molecule has 168 valence electrons. The van der Waals surface area contributed by atoms with Gasteiger partial charge in [0, 0.05) is 6.54 Å². The summed E-state index contributed by atoms with van der Waals surface area (Å²) in [6, 6.07) is 16.2. The number of rotatable bonds is 11. The van der Waals surface area contributed by atoms with Crippen LogP contribution in [-0.2, 0) is 9.59 Å². The third-order valence-corrected chi connectivity index (χ3v) is 4.95. The average molecular weight is 428 g/mol. The Hall–Kier alpha value is -3.06. The van der Waals surface area contributed by atoms with E-state index < -0.39 is 6.04 Å². The van der Waals surface area contributed by atoms with Gasteiger partial charge in [-0.1, -0.05) is 44.2 Å². The van der Waals surface area contributed by atoms with Crippen LogP contribution in [0.4, 0.5) is 0 Å². The van der Waals surface area contributed by atoms with E-state index in [0.717, 1.165) is 11.3 Å². The van der Waals surface area contributed by atoms with E-state index in [2.05, 4.69) is 10.6 Å². The molecule has 7 heteroatoms. The Kier molecular flexibility index (Phi) is 9.34. The van der Waals surface area contributed by atoms with Crippen molar-refractivity contribution in [1.29, 1.82) is 0 Å². The fraction of sp³-hybridized carbons (Fsp3) is 0.417. The molecule has 0 aliphatic carbocycles. The summed E-state index contributed by atoms with van der Waals surface area (Å²) < 4.78 is 10.8. The number of nitrogens with zero attached hydrogens (tertiary/aromatic N) is 1. The predicted octanol–water partition coefficient (Wildman–Crippen LogP) is 2.63. The van der Waals surface area contributed by atoms with Crippen molar-refractivity contribution in [2.24, 2.45) is 5.92 Å². The predicted molar refractivity (Wildman–Crippen MR) is 121 cm³/mol. The maximum Gasteiger partial charge on any atom is 0.258 e. The minimum Gasteiger partial charge on any atom is -0.497 e. The van der Waals surface area contributed by atoms with E-state index in [4.69, 9.17) is 9.47 Å². The monoisotopic (exact) mass is 427 g/mol. The topological polar surface area (TPSA) is 79.9 Å². The third kappa shape index (κ3) is 7.61. The van der Waals surface area contributed by atoms with Gasteiger partial charge in [0.15, 0.2) is 6.61 Å². The minimum absolute atomic E-state index is 0.0380. The molecular formula is C24H33N3O4. The van der Waals surface area contributed by atoms with E-state index in [1.807, 2.05) is 75.3 Å². The van der Waals surface area contributed by atoms with Crippen molar-refractivity contribution in [2.45, 2.75) is 25.9 Å². The molecule has 0 spiro atoms. The lowest BCUT2D eigenvalue weighted by atomic mass is 10.0. The van der Waals surface area contributed by atoms with Crippen molar-refractivity contribution >= 4 is 11.8 Å². The van der Waals surface area contributed by atoms with E-state index in [0.29, 0.717) is 12.3 Å². The molecule has 0 saturated carbocycles. The van der Waals surface area contributed by atoms with Crippen LogP contribution in [0.15, 0.2) is 54.6 Å². The van der Waals surface area contributed by atoms with Crippen molar-refractivity contribution in [3.05, 3.63) is 60.2 Å². The Morgan fingerprint density at radius 1 is 1.00 bits per heavy atom. The van der Waals surface area contributed by atoms with Crippen LogP contribution in [0.1, 0.15) is 25.5 Å². The lowest BCUT2D eigenvalue weighted by molar-refractivity contribution is -0.131. The summed E-state index contributed by atoms with van der Waals surface area (Å²) in [5, 5.41) is 5.77. The van der Waals surface area contributed by atoms with E-state index >= 15 is 0 Å². The van der Waals surface area contributed by atoms with E-state index in [1.165, 1.54) is 0 Å². The first kappa shape index (κ1) is 24.2. The Labute approximate surface area is 184 Å². The van der Waals surface area contributed by atoms with Crippen molar-refractivity contribution in [3.8, 4) is 11.5 Å². The van der Waals surface area contributed by atoms with Gasteiger partial charge in [0.1, 0.15) is 17.5 Å². The Morgan fingerprint density at radius 3 is 2.29 bits per heavy atom. The number of benzene rings is 2. The van der Waals surface area contributed by atoms with Crippen LogP contribution in [0.25, 0.3) is 0 Å². The van der Waals surface area contributed by atoms with Gasteiger partial charge in [0.2, 0.25) is 5.91 Å². The lowest BCUT2D eigenvalue weighted by Crippen LogP contribution is -2.51. The van der Waals surface area contributed by atoms with Crippen molar-refractivity contribution < 1.29 is 19.1 Å². The first-order valence-electron chi connectivity index (χ1n) is 10.4. The smallest absolute Gasteiger partial charge is 0.258 e. The average Bonchev–Trinajstić information content (AvgIpc) is 2.76. The summed E-state index contributed by atoms with van der Waals surface area (Å²) in [5.41, 5.74) is 1.03. The van der Waals surface area contributed by atoms with Gasteiger partial charge in [-0.15, -0.1) is 0 Å². The minimum atomic E-state index is -0.653. The second kappa shape index (κ2) is 12.0. The fourth-order valence-corrected chi connectivity index (χ4v) is 3.17. The standard InChI is InChI=1S/C24H33N3O4/c1-17(2)23(26-22(28)16-31-19-11-7-6-8-12-19)24(29)25-15-21(27(3)4)18-10-9-13-20(14-18)30-5/h6-14,17,21,23H,15-16H2,1-5H3,(H,25,29)(H,26,28). The van der Waals surface area contributed by atoms with Crippen molar-refractivity contribution in [3.63, 3.8) is 0 Å². The van der Waals surface area contributed by atoms with Crippen LogP contribution < -0.4 is 20.1 Å². The molecule has 0 aromatic heterocycles. The summed E-state index contributed by atoms with van der Waals surface area (Å²) in [5.74, 6) is 0.736. The van der Waals surface area contributed by atoms with Crippen LogP contribution in [-0.4, -0.2) is 57.1 Å². The van der Waals surface area contributed by atoms with Crippen LogP contribution in [0, 0.1) is 5.92 Å². The molecule has 2 atom stereocenters. The molecule has 2 amide bonds. The molecule has 2 aromatic rings. The van der Waals surface area contributed by atoms with Gasteiger partial charge in [0.05, 0.1) is 13.2 Å². The molecule has 0 aliphatic heterocycles. The molecule has 0 radical (unpaired) electrons. The summed E-state index contributed by atoms with van der Waals surface area (Å²) in [6.45, 7) is 4.05. The largest absolute Gasteiger partial charge is 0.497 e. The fourth-order valence-electron chi connectivity index (χ4n) is 3.17. The molecule has 7 nitrogen and oxygen atoms in total. The number of methoxy groups -OCH3 is 1. The van der Waals surface area contributed by atoms with Gasteiger partial charge in [-0.25, -0.2) is 0 Å². The van der Waals surface area contributed by atoms with E-state index in [9.17, 15) is 9.59 Å². The Balaban J connectivity index is 1.96. The highest BCUT2D eigenvalue weighted by molar-refractivity contribution is 5.88. The molecule has 0 heterocycles. The number of hydrogen-bond donors (Lipinski definition) is 2. The highest BCUT2D eigenvalue weighted by Gasteiger charge is 2.25. The number of ether oxygens (including phenoxy) is 2. The number of carbonyl (C=O) groups excluding carboxylic acids is 2. The first-order valence-corrected chi connectivity index (χ1v) is 10.4. The Morgan fingerprint density at radius 2 is 1.68 bits per heavy atom. The third-order valence-electron chi connectivity index (χ3n) is 4.95. The summed E-state index contributed by atoms with van der Waals surface area (Å²) in [7, 11) is 5.54. The molecule has 31 heavy (non-hydrogen) atoms. The molecule has 2 aromatic carbocycles. The van der Waals surface area contributed by atoms with Gasteiger partial charge in [-0.3, -0.25) is 9.59 Å². The molecule has 2 unspecified atom stereocenters. The van der Waals surface area contributed by atoms with Gasteiger partial charge in [-0.05, 0) is 49.8 Å². The summed E-state index contributed by atoms with van der Waals surface area (Å²) in [6.07, 6.45) is 0. The van der Waals surface area contributed by atoms with Crippen LogP contribution in [0.3, 0.4) is 0 Å². The maximum atomic E-state index is 12.9. The van der Waals surface area contributed by atoms with Crippen molar-refractivity contribution in [2.75, 3.05) is 34.4 Å². The lowest BCUT2D eigenvalue weighted by Gasteiger charge is -2.27. The van der Waals surface area contributed by atoms with Gasteiger partial charge < -0.3 is 25.0 Å². The summed E-state index contributed by atoms with van der Waals surface area (Å²) >= 11 is 0. The number of amides is 2. The van der Waals surface area contributed by atoms with Gasteiger partial charge >= 0.3 is 0 Å². The number of carbonyl (C=O) groups is 2. The molecule has 2 rings (SSSR count). The van der Waals surface area contributed by atoms with Crippen LogP contribution >= 0.6 is 0 Å². The zero-order valence-electron chi connectivity index (χ0n) is 18.9. The zero-order valence-corrected chi connectivity index (χ0v) is 18.9. The number of likely N-dealkylation sites (N-methyl/N-ethyl adjacent to an activating group) is 1. The molecule has 2 N–H and O–H groups in total. The highest BCUT2D eigenvalue weighted by Crippen LogP contribution is 2.22. The second-order valence-electron chi connectivity index (χ2n) is 7.89. The number of nitrogens with one attached hydrogen (secondary N) is 2. The Bertz CT molecular complexity index is 840. The quantitative estimate of drug-likeness (QED) is 0.576. The van der Waals surface area contributed by atoms with E-state index in [-0.39, 0.29) is 30.4 Å². The van der Waals surface area contributed by atoms with E-state index in [1.54, 1.807) is 19.2 Å². The zero-order chi connectivity index (χ0) is 22.8. The number of para-hydroxylation sites is 1.